The standard InChI is InChI=1S/C23H27Cl2NO5S/c1-30-21-7-4-3-6-17(21)22(27)20-15-23(10-5-12-26-20,11-13-31-32(2,28)29)16-8-9-18(24)19(25)14-16/h3-4,6-9,14,20,26H,5,10-13,15H2,1-2H3. The minimum atomic E-state index is -3.59. The van der Waals surface area contributed by atoms with Crippen LogP contribution >= 0.6 is 23.2 Å². The minimum absolute atomic E-state index is 0.00858. The molecule has 174 valence electrons. The minimum Gasteiger partial charge on any atom is -0.496 e. The first-order valence-electron chi connectivity index (χ1n) is 10.4. The van der Waals surface area contributed by atoms with Gasteiger partial charge in [0.25, 0.3) is 10.1 Å². The van der Waals surface area contributed by atoms with Gasteiger partial charge in [-0.2, -0.15) is 8.42 Å². The molecule has 2 unspecified atom stereocenters. The van der Waals surface area contributed by atoms with Crippen molar-refractivity contribution in [1.29, 1.82) is 0 Å². The largest absolute Gasteiger partial charge is 0.496 e. The van der Waals surface area contributed by atoms with E-state index < -0.39 is 21.6 Å². The van der Waals surface area contributed by atoms with Crippen LogP contribution in [-0.2, 0) is 19.7 Å². The Morgan fingerprint density at radius 2 is 1.94 bits per heavy atom. The van der Waals surface area contributed by atoms with Gasteiger partial charge in [0.1, 0.15) is 5.75 Å². The number of nitrogens with one attached hydrogen (secondary N) is 1. The molecule has 0 amide bonds. The second-order valence-corrected chi connectivity index (χ2v) is 10.5. The van der Waals surface area contributed by atoms with Gasteiger partial charge in [-0.1, -0.05) is 41.4 Å². The maximum absolute atomic E-state index is 13.5. The lowest BCUT2D eigenvalue weighted by atomic mass is 9.70. The van der Waals surface area contributed by atoms with E-state index >= 15 is 0 Å². The molecule has 1 N–H and O–H groups in total. The Kier molecular flexibility index (Phi) is 8.22. The van der Waals surface area contributed by atoms with Gasteiger partial charge in [-0.05, 0) is 67.5 Å². The van der Waals surface area contributed by atoms with E-state index in [0.717, 1.165) is 24.7 Å². The molecule has 1 aliphatic rings. The van der Waals surface area contributed by atoms with Gasteiger partial charge in [0, 0.05) is 0 Å². The normalized spacial score (nSPS) is 21.7. The summed E-state index contributed by atoms with van der Waals surface area (Å²) in [5.74, 6) is 0.446. The molecule has 0 aromatic heterocycles. The monoisotopic (exact) mass is 499 g/mol. The third-order valence-corrected chi connectivity index (χ3v) is 7.25. The summed E-state index contributed by atoms with van der Waals surface area (Å²) in [5.41, 5.74) is 0.889. The summed E-state index contributed by atoms with van der Waals surface area (Å²) in [6.45, 7) is 0.663. The van der Waals surface area contributed by atoms with E-state index in [0.29, 0.717) is 40.7 Å². The molecule has 1 aliphatic heterocycles. The number of ketones is 1. The van der Waals surface area contributed by atoms with Crippen LogP contribution in [0.25, 0.3) is 0 Å². The van der Waals surface area contributed by atoms with Crippen molar-refractivity contribution in [3.63, 3.8) is 0 Å². The third kappa shape index (κ3) is 6.02. The topological polar surface area (TPSA) is 81.7 Å². The molecule has 0 radical (unpaired) electrons. The highest BCUT2D eigenvalue weighted by molar-refractivity contribution is 7.85. The second-order valence-electron chi connectivity index (χ2n) is 8.06. The van der Waals surface area contributed by atoms with Gasteiger partial charge in [0.2, 0.25) is 0 Å². The summed E-state index contributed by atoms with van der Waals surface area (Å²) in [7, 11) is -2.05. The SMILES string of the molecule is COc1ccccc1C(=O)C1CC(CCOS(C)(=O)=O)(c2ccc(Cl)c(Cl)c2)CCCN1. The van der Waals surface area contributed by atoms with E-state index in [4.69, 9.17) is 32.1 Å². The van der Waals surface area contributed by atoms with Crippen molar-refractivity contribution >= 4 is 39.1 Å². The Labute approximate surface area is 199 Å². The van der Waals surface area contributed by atoms with E-state index in [1.807, 2.05) is 12.1 Å². The molecule has 2 atom stereocenters. The van der Waals surface area contributed by atoms with Crippen LogP contribution in [0.1, 0.15) is 41.6 Å². The number of rotatable bonds is 8. The Hall–Kier alpha value is -1.64. The van der Waals surface area contributed by atoms with Crippen molar-refractivity contribution in [3.8, 4) is 5.75 Å². The fourth-order valence-electron chi connectivity index (χ4n) is 4.34. The Morgan fingerprint density at radius 3 is 2.62 bits per heavy atom. The zero-order valence-corrected chi connectivity index (χ0v) is 20.4. The molecule has 32 heavy (non-hydrogen) atoms. The number of methoxy groups -OCH3 is 1. The average Bonchev–Trinajstić information content (AvgIpc) is 2.98. The lowest BCUT2D eigenvalue weighted by Gasteiger charge is -2.35. The van der Waals surface area contributed by atoms with Crippen LogP contribution in [0.3, 0.4) is 0 Å². The molecule has 1 heterocycles. The molecule has 1 saturated heterocycles. The maximum Gasteiger partial charge on any atom is 0.264 e. The fraction of sp³-hybridized carbons (Fsp3) is 0.435. The number of hydrogen-bond donors (Lipinski definition) is 1. The van der Waals surface area contributed by atoms with E-state index in [9.17, 15) is 13.2 Å². The number of hydrogen-bond acceptors (Lipinski definition) is 6. The van der Waals surface area contributed by atoms with Crippen molar-refractivity contribution in [2.24, 2.45) is 0 Å². The number of carbonyl (C=O) groups excluding carboxylic acids is 1. The zero-order chi connectivity index (χ0) is 23.4. The molecule has 2 aromatic carbocycles. The fourth-order valence-corrected chi connectivity index (χ4v) is 5.02. The quantitative estimate of drug-likeness (QED) is 0.421. The predicted molar refractivity (Wildman–Crippen MR) is 127 cm³/mol. The smallest absolute Gasteiger partial charge is 0.264 e. The van der Waals surface area contributed by atoms with Gasteiger partial charge in [-0.15, -0.1) is 0 Å². The van der Waals surface area contributed by atoms with Crippen molar-refractivity contribution in [2.45, 2.75) is 37.1 Å². The number of Topliss-reactive ketones (excluding diaryl/α,β-unsaturated/α-hetero) is 1. The van der Waals surface area contributed by atoms with Gasteiger partial charge in [0.15, 0.2) is 5.78 Å². The molecule has 0 saturated carbocycles. The Balaban J connectivity index is 1.98. The highest BCUT2D eigenvalue weighted by Gasteiger charge is 2.39. The van der Waals surface area contributed by atoms with E-state index in [1.165, 1.54) is 7.11 Å². The molecule has 0 bridgehead atoms. The van der Waals surface area contributed by atoms with Crippen LogP contribution in [0.15, 0.2) is 42.5 Å². The number of para-hydroxylation sites is 1. The molecule has 3 rings (SSSR count). The number of carbonyl (C=O) groups is 1. The average molecular weight is 500 g/mol. The van der Waals surface area contributed by atoms with Gasteiger partial charge < -0.3 is 10.1 Å². The summed E-state index contributed by atoms with van der Waals surface area (Å²) in [5, 5.41) is 4.22. The first-order valence-corrected chi connectivity index (χ1v) is 12.9. The molecule has 9 heteroatoms. The molecule has 0 spiro atoms. The van der Waals surface area contributed by atoms with E-state index in [2.05, 4.69) is 5.32 Å². The number of halogens is 2. The molecule has 1 fully saturated rings. The Bertz CT molecular complexity index is 1080. The van der Waals surface area contributed by atoms with Crippen LogP contribution in [-0.4, -0.2) is 46.8 Å². The third-order valence-electron chi connectivity index (χ3n) is 5.92. The summed E-state index contributed by atoms with van der Waals surface area (Å²) in [4.78, 5) is 13.5. The van der Waals surface area contributed by atoms with Crippen molar-refractivity contribution < 1.29 is 22.1 Å². The number of ether oxygens (including phenoxy) is 1. The van der Waals surface area contributed by atoms with E-state index in [-0.39, 0.29) is 12.4 Å². The summed E-state index contributed by atoms with van der Waals surface area (Å²) in [6, 6.07) is 12.1. The Morgan fingerprint density at radius 1 is 1.19 bits per heavy atom. The molecule has 6 nitrogen and oxygen atoms in total. The van der Waals surface area contributed by atoms with Crippen molar-refractivity contribution in [2.75, 3.05) is 26.5 Å². The lowest BCUT2D eigenvalue weighted by Crippen LogP contribution is -2.41. The van der Waals surface area contributed by atoms with Crippen LogP contribution < -0.4 is 10.1 Å². The first-order chi connectivity index (χ1) is 15.1. The summed E-state index contributed by atoms with van der Waals surface area (Å²) >= 11 is 12.5. The molecule has 0 aliphatic carbocycles. The lowest BCUT2D eigenvalue weighted by molar-refractivity contribution is 0.0920. The molecular formula is C23H27Cl2NO5S. The van der Waals surface area contributed by atoms with Crippen LogP contribution in [0.4, 0.5) is 0 Å². The van der Waals surface area contributed by atoms with Gasteiger partial charge >= 0.3 is 0 Å². The first kappa shape index (κ1) is 25.0. The predicted octanol–water partition coefficient (Wildman–Crippen LogP) is 4.63. The second kappa shape index (κ2) is 10.5. The summed E-state index contributed by atoms with van der Waals surface area (Å²) < 4.78 is 33.6. The highest BCUT2D eigenvalue weighted by atomic mass is 35.5. The molecule has 2 aromatic rings. The molecular weight excluding hydrogens is 473 g/mol. The maximum atomic E-state index is 13.5. The summed E-state index contributed by atoms with van der Waals surface area (Å²) in [6.07, 6.45) is 3.43. The van der Waals surface area contributed by atoms with E-state index in [1.54, 1.807) is 30.3 Å². The van der Waals surface area contributed by atoms with Crippen LogP contribution in [0.5, 0.6) is 5.75 Å². The van der Waals surface area contributed by atoms with Crippen molar-refractivity contribution in [1.82, 2.24) is 5.32 Å². The van der Waals surface area contributed by atoms with Gasteiger partial charge in [-0.3, -0.25) is 8.98 Å². The van der Waals surface area contributed by atoms with Crippen LogP contribution in [0.2, 0.25) is 10.0 Å². The zero-order valence-electron chi connectivity index (χ0n) is 18.1. The van der Waals surface area contributed by atoms with Gasteiger partial charge in [-0.25, -0.2) is 0 Å². The highest BCUT2D eigenvalue weighted by Crippen LogP contribution is 2.42. The van der Waals surface area contributed by atoms with Gasteiger partial charge in [0.05, 0.1) is 41.6 Å². The van der Waals surface area contributed by atoms with Crippen LogP contribution in [0, 0.1) is 0 Å². The number of benzene rings is 2. The van der Waals surface area contributed by atoms with Crippen molar-refractivity contribution in [3.05, 3.63) is 63.6 Å².